The Morgan fingerprint density at radius 1 is 0.833 bits per heavy atom. The number of ether oxygens (including phenoxy) is 3. The first-order valence-electron chi connectivity index (χ1n) is 11.7. The maximum atomic E-state index is 13.1. The van der Waals surface area contributed by atoms with Crippen LogP contribution < -0.4 is 14.8 Å². The van der Waals surface area contributed by atoms with Crippen LogP contribution in [-0.4, -0.2) is 26.9 Å². The van der Waals surface area contributed by atoms with Crippen LogP contribution in [0.5, 0.6) is 17.2 Å². The normalized spacial score (nSPS) is 12.8. The number of methoxy groups -OCH3 is 2. The topological polar surface area (TPSA) is 76.7 Å². The van der Waals surface area contributed by atoms with Gasteiger partial charge in [-0.1, -0.05) is 60.7 Å². The molecule has 0 spiro atoms. The van der Waals surface area contributed by atoms with E-state index in [4.69, 9.17) is 14.2 Å². The van der Waals surface area contributed by atoms with Crippen molar-refractivity contribution in [3.8, 4) is 28.4 Å². The van der Waals surface area contributed by atoms with E-state index >= 15 is 0 Å². The predicted molar refractivity (Wildman–Crippen MR) is 136 cm³/mol. The van der Waals surface area contributed by atoms with Crippen LogP contribution in [0.25, 0.3) is 11.1 Å². The molecule has 1 amide bonds. The van der Waals surface area contributed by atoms with Gasteiger partial charge in [0.25, 0.3) is 0 Å². The van der Waals surface area contributed by atoms with Gasteiger partial charge in [0, 0.05) is 17.5 Å². The van der Waals surface area contributed by atoms with Crippen molar-refractivity contribution in [2.45, 2.75) is 12.0 Å². The van der Waals surface area contributed by atoms with Crippen LogP contribution in [0.1, 0.15) is 34.2 Å². The Morgan fingerprint density at radius 3 is 2.08 bits per heavy atom. The minimum Gasteiger partial charge on any atom is -0.497 e. The Kier molecular flexibility index (Phi) is 6.50. The van der Waals surface area contributed by atoms with Gasteiger partial charge in [-0.3, -0.25) is 5.11 Å². The first-order chi connectivity index (χ1) is 17.6. The monoisotopic (exact) mass is 480 g/mol. The van der Waals surface area contributed by atoms with E-state index in [0.29, 0.717) is 17.1 Å². The van der Waals surface area contributed by atoms with E-state index in [-0.39, 0.29) is 18.3 Å². The Hall–Kier alpha value is -4.45. The molecule has 0 saturated carbocycles. The number of fused-ring (bicyclic) bond motifs is 3. The lowest BCUT2D eigenvalue weighted by Crippen LogP contribution is -2.31. The van der Waals surface area contributed by atoms with Crippen molar-refractivity contribution < 1.29 is 24.1 Å². The third kappa shape index (κ3) is 4.45. The van der Waals surface area contributed by atoms with Gasteiger partial charge in [-0.2, -0.15) is 0 Å². The Labute approximate surface area is 210 Å². The molecule has 0 fully saturated rings. The lowest BCUT2D eigenvalue weighted by molar-refractivity contribution is 0.140. The minimum atomic E-state index is -0.595. The molecule has 0 aromatic heterocycles. The van der Waals surface area contributed by atoms with E-state index in [0.717, 1.165) is 16.7 Å². The van der Waals surface area contributed by atoms with E-state index in [1.807, 2.05) is 30.3 Å². The van der Waals surface area contributed by atoms with Crippen LogP contribution in [0.2, 0.25) is 0 Å². The summed E-state index contributed by atoms with van der Waals surface area (Å²) in [7, 11) is 3.14. The summed E-state index contributed by atoms with van der Waals surface area (Å²) < 4.78 is 16.7. The maximum Gasteiger partial charge on any atom is 0.407 e. The van der Waals surface area contributed by atoms with Gasteiger partial charge in [0.1, 0.15) is 18.1 Å². The van der Waals surface area contributed by atoms with E-state index in [1.165, 1.54) is 23.3 Å². The molecule has 181 valence electrons. The molecule has 1 atom stereocenters. The number of benzene rings is 4. The summed E-state index contributed by atoms with van der Waals surface area (Å²) in [5.41, 5.74) is 6.06. The van der Waals surface area contributed by atoms with E-state index in [2.05, 4.69) is 29.6 Å². The summed E-state index contributed by atoms with van der Waals surface area (Å²) in [4.78, 5) is 13.1. The number of carbonyl (C=O) groups excluding carboxylic acids is 1. The molecule has 1 N–H and O–H groups in total. The average molecular weight is 481 g/mol. The number of alkyl carbamates (subject to hydrolysis) is 1. The molecular formula is C30H26NO5. The second-order valence-electron chi connectivity index (χ2n) is 8.58. The Morgan fingerprint density at radius 2 is 1.47 bits per heavy atom. The van der Waals surface area contributed by atoms with E-state index in [1.54, 1.807) is 38.5 Å². The number of amides is 1. The highest BCUT2D eigenvalue weighted by molar-refractivity contribution is 5.79. The Bertz CT molecular complexity index is 1340. The van der Waals surface area contributed by atoms with Crippen LogP contribution in [0.3, 0.4) is 0 Å². The van der Waals surface area contributed by atoms with Gasteiger partial charge in [0.05, 0.1) is 20.3 Å². The summed E-state index contributed by atoms with van der Waals surface area (Å²) in [5, 5.41) is 14.7. The molecule has 36 heavy (non-hydrogen) atoms. The number of nitrogens with one attached hydrogen (secondary N) is 1. The number of hydrogen-bond acceptors (Lipinski definition) is 4. The van der Waals surface area contributed by atoms with Gasteiger partial charge in [-0.15, -0.1) is 0 Å². The first kappa shape index (κ1) is 23.3. The molecule has 0 bridgehead atoms. The fourth-order valence-corrected chi connectivity index (χ4v) is 4.82. The molecule has 1 aliphatic rings. The van der Waals surface area contributed by atoms with Crippen molar-refractivity contribution in [1.82, 2.24) is 5.32 Å². The molecule has 6 nitrogen and oxygen atoms in total. The molecular weight excluding hydrogens is 454 g/mol. The minimum absolute atomic E-state index is 0.0446. The third-order valence-corrected chi connectivity index (χ3v) is 6.57. The molecule has 1 aliphatic carbocycles. The smallest absolute Gasteiger partial charge is 0.407 e. The zero-order valence-corrected chi connectivity index (χ0v) is 20.1. The van der Waals surface area contributed by atoms with Crippen molar-refractivity contribution in [2.75, 3.05) is 20.8 Å². The van der Waals surface area contributed by atoms with Crippen LogP contribution in [-0.2, 0) is 9.84 Å². The lowest BCUT2D eigenvalue weighted by atomic mass is 9.97. The average Bonchev–Trinajstić information content (AvgIpc) is 3.24. The summed E-state index contributed by atoms with van der Waals surface area (Å²) >= 11 is 0. The molecule has 6 heteroatoms. The highest BCUT2D eigenvalue weighted by atomic mass is 16.5. The van der Waals surface area contributed by atoms with Crippen molar-refractivity contribution >= 4 is 6.09 Å². The third-order valence-electron chi connectivity index (χ3n) is 6.57. The summed E-state index contributed by atoms with van der Waals surface area (Å²) in [6, 6.07) is 27.5. The second-order valence-corrected chi connectivity index (χ2v) is 8.58. The van der Waals surface area contributed by atoms with Gasteiger partial charge >= 0.3 is 6.09 Å². The zero-order chi connectivity index (χ0) is 25.1. The van der Waals surface area contributed by atoms with E-state index in [9.17, 15) is 9.90 Å². The first-order valence-corrected chi connectivity index (χ1v) is 11.7. The molecule has 4 aromatic rings. The fourth-order valence-electron chi connectivity index (χ4n) is 4.82. The van der Waals surface area contributed by atoms with Gasteiger partial charge in [-0.05, 0) is 52.1 Å². The van der Waals surface area contributed by atoms with Gasteiger partial charge in [0.2, 0.25) is 0 Å². The molecule has 0 heterocycles. The molecule has 5 rings (SSSR count). The quantitative estimate of drug-likeness (QED) is 0.329. The van der Waals surface area contributed by atoms with Gasteiger partial charge < -0.3 is 19.5 Å². The van der Waals surface area contributed by atoms with Crippen LogP contribution in [0.15, 0.2) is 91.0 Å². The molecule has 0 aliphatic heterocycles. The number of hydrogen-bond donors (Lipinski definition) is 1. The molecule has 0 unspecified atom stereocenters. The largest absolute Gasteiger partial charge is 0.497 e. The van der Waals surface area contributed by atoms with Crippen LogP contribution in [0.4, 0.5) is 4.79 Å². The Balaban J connectivity index is 1.39. The number of carbonyl (C=O) groups is 1. The van der Waals surface area contributed by atoms with E-state index < -0.39 is 12.1 Å². The fraction of sp³-hybridized carbons (Fsp3) is 0.167. The molecule has 1 radical (unpaired) electrons. The highest BCUT2D eigenvalue weighted by Crippen LogP contribution is 2.44. The second kappa shape index (κ2) is 10.0. The zero-order valence-electron chi connectivity index (χ0n) is 20.1. The SMILES string of the molecule is COc1ccc([C@H](NC(=O)OCC2c3ccccc3-c3ccccc32)c2ccc([O])cc2)c(OC)c1. The van der Waals surface area contributed by atoms with Crippen molar-refractivity contribution in [3.63, 3.8) is 0 Å². The molecule has 0 saturated heterocycles. The van der Waals surface area contributed by atoms with Crippen LogP contribution in [0, 0.1) is 0 Å². The predicted octanol–water partition coefficient (Wildman–Crippen LogP) is 6.48. The van der Waals surface area contributed by atoms with Crippen LogP contribution >= 0.6 is 0 Å². The summed E-state index contributed by atoms with van der Waals surface area (Å²) in [6.07, 6.45) is -0.564. The van der Waals surface area contributed by atoms with Gasteiger partial charge in [0.15, 0.2) is 5.75 Å². The number of rotatable bonds is 7. The summed E-state index contributed by atoms with van der Waals surface area (Å²) in [5.74, 6) is 1.02. The van der Waals surface area contributed by atoms with Crippen molar-refractivity contribution in [1.29, 1.82) is 0 Å². The summed E-state index contributed by atoms with van der Waals surface area (Å²) in [6.45, 7) is 0.200. The molecule has 4 aromatic carbocycles. The van der Waals surface area contributed by atoms with Gasteiger partial charge in [-0.25, -0.2) is 4.79 Å². The van der Waals surface area contributed by atoms with Crippen molar-refractivity contribution in [2.24, 2.45) is 0 Å². The lowest BCUT2D eigenvalue weighted by Gasteiger charge is -2.23. The standard InChI is InChI=1S/C30H26NO5/c1-34-21-15-16-26(28(17-21)35-2)29(19-11-13-20(32)14-12-19)31-30(33)36-18-27-24-9-5-3-7-22(24)23-8-4-6-10-25(23)27/h3-17,27,29H,18H2,1-2H3,(H,31,33)/t29-/m1/s1. The maximum absolute atomic E-state index is 13.1. The van der Waals surface area contributed by atoms with Crippen molar-refractivity contribution in [3.05, 3.63) is 113 Å². The highest BCUT2D eigenvalue weighted by Gasteiger charge is 2.30.